The van der Waals surface area contributed by atoms with Gasteiger partial charge in [0.05, 0.1) is 5.71 Å². The van der Waals surface area contributed by atoms with Crippen molar-refractivity contribution in [1.29, 1.82) is 0 Å². The Morgan fingerprint density at radius 2 is 1.97 bits per heavy atom. The molecule has 150 valence electrons. The Morgan fingerprint density at radius 1 is 1.21 bits per heavy atom. The summed E-state index contributed by atoms with van der Waals surface area (Å²) in [7, 11) is -0.701. The molecule has 1 unspecified atom stereocenters. The van der Waals surface area contributed by atoms with Crippen LogP contribution in [0.4, 0.5) is 11.4 Å². The van der Waals surface area contributed by atoms with E-state index in [1.165, 1.54) is 6.26 Å². The van der Waals surface area contributed by atoms with Crippen LogP contribution in [0.3, 0.4) is 0 Å². The third-order valence-corrected chi connectivity index (χ3v) is 6.20. The fourth-order valence-electron chi connectivity index (χ4n) is 3.28. The lowest BCUT2D eigenvalue weighted by Gasteiger charge is -2.28. The number of nitrogens with zero attached hydrogens (tertiary/aromatic N) is 3. The van der Waals surface area contributed by atoms with Crippen molar-refractivity contribution in [2.75, 3.05) is 34.8 Å². The highest BCUT2D eigenvalue weighted by Crippen LogP contribution is 2.21. The number of benzene rings is 1. The van der Waals surface area contributed by atoms with Gasteiger partial charge in [-0.2, -0.15) is 0 Å². The predicted molar refractivity (Wildman–Crippen MR) is 115 cm³/mol. The van der Waals surface area contributed by atoms with Gasteiger partial charge in [0.2, 0.25) is 0 Å². The molecule has 29 heavy (non-hydrogen) atoms. The molecule has 1 fully saturated rings. The predicted octanol–water partition coefficient (Wildman–Crippen LogP) is 2.76. The molecule has 0 radical (unpaired) electrons. The van der Waals surface area contributed by atoms with Crippen molar-refractivity contribution in [2.24, 2.45) is 10.9 Å². The second-order valence-electron chi connectivity index (χ2n) is 6.94. The van der Waals surface area contributed by atoms with Crippen LogP contribution in [0.2, 0.25) is 0 Å². The number of allylic oxidation sites excluding steroid dienone is 3. The summed E-state index contributed by atoms with van der Waals surface area (Å²) in [6.07, 6.45) is 6.99. The smallest absolute Gasteiger partial charge is 0.274 e. The molecule has 0 spiro atoms. The molecule has 1 saturated heterocycles. The van der Waals surface area contributed by atoms with Gasteiger partial charge < -0.3 is 14.7 Å². The van der Waals surface area contributed by atoms with E-state index in [1.807, 2.05) is 43.3 Å². The van der Waals surface area contributed by atoms with Crippen LogP contribution in [0.5, 0.6) is 0 Å². The Bertz CT molecular complexity index is 983. The number of nitrogens with one attached hydrogen (secondary N) is 1. The lowest BCUT2D eigenvalue weighted by Crippen LogP contribution is -2.37. The quantitative estimate of drug-likeness (QED) is 0.837. The fourth-order valence-corrected chi connectivity index (χ4v) is 4.33. The highest BCUT2D eigenvalue weighted by Gasteiger charge is 2.19. The first-order valence-corrected chi connectivity index (χ1v) is 11.0. The first-order valence-electron chi connectivity index (χ1n) is 9.49. The summed E-state index contributed by atoms with van der Waals surface area (Å²) in [6.45, 7) is 3.57. The number of amides is 1. The molecule has 2 aliphatic rings. The van der Waals surface area contributed by atoms with E-state index in [4.69, 9.17) is 4.52 Å². The van der Waals surface area contributed by atoms with Gasteiger partial charge in [-0.15, -0.1) is 0 Å². The minimum absolute atomic E-state index is 0.0137. The Morgan fingerprint density at radius 3 is 2.66 bits per heavy atom. The number of aromatic nitrogens is 1. The van der Waals surface area contributed by atoms with Crippen LogP contribution in [-0.2, 0) is 15.6 Å². The molecular formula is C21H22N4O3S. The maximum atomic E-state index is 12.8. The molecule has 7 nitrogen and oxygen atoms in total. The highest BCUT2D eigenvalue weighted by molar-refractivity contribution is 7.85. The average Bonchev–Trinajstić information content (AvgIpc) is 3.19. The van der Waals surface area contributed by atoms with Crippen molar-refractivity contribution in [2.45, 2.75) is 6.92 Å². The minimum Gasteiger partial charge on any atom is -0.370 e. The summed E-state index contributed by atoms with van der Waals surface area (Å²) >= 11 is 0. The molecule has 3 heterocycles. The SMILES string of the molecule is CC1C=CC=C(C(=O)Nc2ccc(N3CCS(=O)CC3)cc2)N=C1c1ccon1. The number of anilines is 2. The molecule has 1 aromatic carbocycles. The van der Waals surface area contributed by atoms with Gasteiger partial charge in [0.25, 0.3) is 5.91 Å². The third kappa shape index (κ3) is 4.54. The third-order valence-electron chi connectivity index (χ3n) is 4.93. The molecule has 2 aliphatic heterocycles. The normalized spacial score (nSPS) is 20.0. The lowest BCUT2D eigenvalue weighted by atomic mass is 10.0. The summed E-state index contributed by atoms with van der Waals surface area (Å²) in [5.41, 5.74) is 3.38. The van der Waals surface area contributed by atoms with Crippen LogP contribution in [0.25, 0.3) is 0 Å². The maximum Gasteiger partial charge on any atom is 0.274 e. The Labute approximate surface area is 171 Å². The van der Waals surface area contributed by atoms with Gasteiger partial charge >= 0.3 is 0 Å². The molecule has 2 aromatic rings. The molecule has 8 heteroatoms. The summed E-state index contributed by atoms with van der Waals surface area (Å²) in [5, 5.41) is 6.84. The summed E-state index contributed by atoms with van der Waals surface area (Å²) in [4.78, 5) is 19.5. The van der Waals surface area contributed by atoms with Gasteiger partial charge in [-0.25, -0.2) is 4.99 Å². The number of carbonyl (C=O) groups is 1. The number of carbonyl (C=O) groups excluding carboxylic acids is 1. The second kappa shape index (κ2) is 8.57. The highest BCUT2D eigenvalue weighted by atomic mass is 32.2. The van der Waals surface area contributed by atoms with Crippen molar-refractivity contribution in [1.82, 2.24) is 5.16 Å². The van der Waals surface area contributed by atoms with Crippen molar-refractivity contribution in [3.8, 4) is 0 Å². The topological polar surface area (TPSA) is 87.8 Å². The molecule has 0 aliphatic carbocycles. The zero-order valence-corrected chi connectivity index (χ0v) is 16.9. The van der Waals surface area contributed by atoms with E-state index in [2.05, 4.69) is 20.4 Å². The molecular weight excluding hydrogens is 388 g/mol. The lowest BCUT2D eigenvalue weighted by molar-refractivity contribution is -0.112. The van der Waals surface area contributed by atoms with E-state index in [0.29, 0.717) is 34.3 Å². The maximum absolute atomic E-state index is 12.8. The van der Waals surface area contributed by atoms with E-state index in [-0.39, 0.29) is 11.8 Å². The first-order chi connectivity index (χ1) is 14.1. The molecule has 4 rings (SSSR count). The van der Waals surface area contributed by atoms with Crippen LogP contribution in [0, 0.1) is 5.92 Å². The molecule has 1 amide bonds. The van der Waals surface area contributed by atoms with Crippen LogP contribution in [0.1, 0.15) is 12.6 Å². The van der Waals surface area contributed by atoms with Gasteiger partial charge in [0.1, 0.15) is 17.7 Å². The Hall–Kier alpha value is -3.00. The largest absolute Gasteiger partial charge is 0.370 e. The number of aliphatic imine (C=N–C) groups is 1. The number of hydrogen-bond acceptors (Lipinski definition) is 6. The summed E-state index contributed by atoms with van der Waals surface area (Å²) < 4.78 is 16.4. The molecule has 1 atom stereocenters. The molecule has 1 aromatic heterocycles. The van der Waals surface area contributed by atoms with Gasteiger partial charge in [-0.3, -0.25) is 9.00 Å². The second-order valence-corrected chi connectivity index (χ2v) is 8.64. The summed E-state index contributed by atoms with van der Waals surface area (Å²) in [6, 6.07) is 9.42. The first kappa shape index (κ1) is 19.3. The van der Waals surface area contributed by atoms with Gasteiger partial charge in [0, 0.05) is 58.8 Å². The molecule has 1 N–H and O–H groups in total. The van der Waals surface area contributed by atoms with E-state index in [1.54, 1.807) is 12.1 Å². The zero-order chi connectivity index (χ0) is 20.2. The van der Waals surface area contributed by atoms with Gasteiger partial charge in [-0.05, 0) is 30.3 Å². The Balaban J connectivity index is 1.46. The average molecular weight is 410 g/mol. The van der Waals surface area contributed by atoms with E-state index in [9.17, 15) is 9.00 Å². The van der Waals surface area contributed by atoms with Crippen molar-refractivity contribution < 1.29 is 13.5 Å². The van der Waals surface area contributed by atoms with Crippen LogP contribution >= 0.6 is 0 Å². The van der Waals surface area contributed by atoms with E-state index in [0.717, 1.165) is 18.8 Å². The van der Waals surface area contributed by atoms with Crippen molar-refractivity contribution >= 4 is 33.8 Å². The number of hydrogen-bond donors (Lipinski definition) is 1. The van der Waals surface area contributed by atoms with Crippen molar-refractivity contribution in [3.05, 3.63) is 66.2 Å². The minimum atomic E-state index is -0.701. The summed E-state index contributed by atoms with van der Waals surface area (Å²) in [5.74, 6) is 1.13. The Kier molecular flexibility index (Phi) is 5.71. The van der Waals surface area contributed by atoms with Crippen LogP contribution in [-0.4, -0.2) is 45.6 Å². The van der Waals surface area contributed by atoms with Gasteiger partial charge in [0.15, 0.2) is 0 Å². The van der Waals surface area contributed by atoms with Crippen LogP contribution in [0.15, 0.2) is 70.0 Å². The fraction of sp³-hybridized carbons (Fsp3) is 0.286. The van der Waals surface area contributed by atoms with E-state index < -0.39 is 10.8 Å². The van der Waals surface area contributed by atoms with Crippen molar-refractivity contribution in [3.63, 3.8) is 0 Å². The molecule has 0 bridgehead atoms. The van der Waals surface area contributed by atoms with Gasteiger partial charge in [-0.1, -0.05) is 24.2 Å². The molecule has 0 saturated carbocycles. The monoisotopic (exact) mass is 410 g/mol. The van der Waals surface area contributed by atoms with Crippen LogP contribution < -0.4 is 10.2 Å². The number of rotatable bonds is 4. The van der Waals surface area contributed by atoms with E-state index >= 15 is 0 Å². The standard InChI is InChI=1S/C21H22N4O3S/c1-15-3-2-4-19(23-20(15)18-9-12-28-24-18)21(26)22-16-5-7-17(8-6-16)25-10-13-29(27)14-11-25/h2-9,12,15H,10-11,13-14H2,1H3,(H,22,26). The zero-order valence-electron chi connectivity index (χ0n) is 16.1.